The van der Waals surface area contributed by atoms with E-state index in [0.29, 0.717) is 0 Å². The summed E-state index contributed by atoms with van der Waals surface area (Å²) in [6.45, 7) is 1.41. The number of nitrogens with two attached hydrogens (primary N) is 2. The molecule has 6 nitrogen and oxygen atoms in total. The fourth-order valence-electron chi connectivity index (χ4n) is 0.651. The van der Waals surface area contributed by atoms with Crippen molar-refractivity contribution in [3.8, 4) is 0 Å². The summed E-state index contributed by atoms with van der Waals surface area (Å²) in [5.41, 5.74) is 10.4. The lowest BCUT2D eigenvalue weighted by molar-refractivity contribution is -0.138. The molecular weight excluding hydrogens is 231 g/mol. The summed E-state index contributed by atoms with van der Waals surface area (Å²) in [5.74, 6) is -2.02. The lowest BCUT2D eigenvalue weighted by Crippen LogP contribution is -2.31. The summed E-state index contributed by atoms with van der Waals surface area (Å²) in [5, 5.41) is 8.39. The molecule has 0 heterocycles. The normalized spacial score (nSPS) is 18.9. The summed E-state index contributed by atoms with van der Waals surface area (Å²) in [6.07, 6.45) is -0.192. The molecule has 14 heavy (non-hydrogen) atoms. The Morgan fingerprint density at radius 1 is 1.50 bits per heavy atom. The zero-order valence-electron chi connectivity index (χ0n) is 7.79. The Labute approximate surface area is 88.5 Å². The van der Waals surface area contributed by atoms with E-state index in [9.17, 15) is 14.3 Å². The van der Waals surface area contributed by atoms with Gasteiger partial charge in [0.05, 0.1) is 5.78 Å². The van der Waals surface area contributed by atoms with Gasteiger partial charge in [0.15, 0.2) is 0 Å². The van der Waals surface area contributed by atoms with Crippen molar-refractivity contribution in [2.75, 3.05) is 6.16 Å². The van der Waals surface area contributed by atoms with Crippen LogP contribution in [0.1, 0.15) is 13.3 Å². The van der Waals surface area contributed by atoms with E-state index in [0.717, 1.165) is 0 Å². The van der Waals surface area contributed by atoms with Crippen LogP contribution in [0.4, 0.5) is 0 Å². The Bertz CT molecular complexity index is 236. The van der Waals surface area contributed by atoms with Gasteiger partial charge in [-0.25, -0.2) is 0 Å². The minimum absolute atomic E-state index is 0. The molecule has 0 radical (unpaired) electrons. The van der Waals surface area contributed by atoms with E-state index < -0.39 is 25.2 Å². The molecule has 0 spiro atoms. The van der Waals surface area contributed by atoms with Crippen molar-refractivity contribution in [1.29, 1.82) is 0 Å². The first kappa shape index (κ1) is 16.3. The highest BCUT2D eigenvalue weighted by atomic mass is 35.5. The molecule has 0 saturated heterocycles. The molecule has 86 valence electrons. The number of hydrogen-bond donors (Lipinski definition) is 4. The number of carboxylic acids is 1. The van der Waals surface area contributed by atoms with Crippen molar-refractivity contribution in [2.45, 2.75) is 25.2 Å². The van der Waals surface area contributed by atoms with Gasteiger partial charge in [-0.05, 0) is 13.3 Å². The lowest BCUT2D eigenvalue weighted by Gasteiger charge is -2.15. The van der Waals surface area contributed by atoms with Crippen LogP contribution in [0, 0.1) is 0 Å². The molecule has 0 aliphatic heterocycles. The molecule has 1 unspecified atom stereocenters. The van der Waals surface area contributed by atoms with Crippen LogP contribution in [-0.2, 0) is 9.36 Å². The predicted octanol–water partition coefficient (Wildman–Crippen LogP) is -0.215. The van der Waals surface area contributed by atoms with Crippen LogP contribution >= 0.6 is 19.8 Å². The van der Waals surface area contributed by atoms with Gasteiger partial charge in [-0.2, -0.15) is 0 Å². The smallest absolute Gasteiger partial charge is 0.320 e. The standard InChI is InChI=1S/C6H15N2O4P.ClH/c1-4(7)13(11,12)3-2-5(8)6(9)10;/h4-5H,2-3,7-8H2,1H3,(H,9,10)(H,11,12);1H/t4-,5-;/m0./s1. The van der Waals surface area contributed by atoms with Gasteiger partial charge in [-0.15, -0.1) is 12.4 Å². The zero-order valence-corrected chi connectivity index (χ0v) is 9.50. The van der Waals surface area contributed by atoms with Crippen LogP contribution < -0.4 is 11.5 Å². The molecule has 0 aromatic heterocycles. The number of rotatable bonds is 5. The summed E-state index contributed by atoms with van der Waals surface area (Å²) in [7, 11) is -3.42. The first-order valence-corrected chi connectivity index (χ1v) is 5.74. The van der Waals surface area contributed by atoms with Crippen LogP contribution in [0.25, 0.3) is 0 Å². The predicted molar refractivity (Wildman–Crippen MR) is 55.8 cm³/mol. The Balaban J connectivity index is 0. The zero-order chi connectivity index (χ0) is 10.6. The van der Waals surface area contributed by atoms with Crippen LogP contribution in [0.3, 0.4) is 0 Å². The second kappa shape index (κ2) is 6.37. The van der Waals surface area contributed by atoms with Gasteiger partial charge in [-0.1, -0.05) is 0 Å². The Morgan fingerprint density at radius 2 is 1.93 bits per heavy atom. The molecule has 0 aromatic rings. The van der Waals surface area contributed by atoms with E-state index in [1.165, 1.54) is 6.92 Å². The second-order valence-corrected chi connectivity index (χ2v) is 5.73. The average molecular weight is 247 g/mol. The fraction of sp³-hybridized carbons (Fsp3) is 0.833. The van der Waals surface area contributed by atoms with E-state index in [2.05, 4.69) is 0 Å². The third-order valence-electron chi connectivity index (χ3n) is 1.71. The van der Waals surface area contributed by atoms with Crippen molar-refractivity contribution >= 4 is 25.7 Å². The second-order valence-electron chi connectivity index (χ2n) is 2.95. The highest BCUT2D eigenvalue weighted by molar-refractivity contribution is 7.58. The molecule has 0 amide bonds. The van der Waals surface area contributed by atoms with E-state index in [1.807, 2.05) is 0 Å². The molecule has 0 saturated carbocycles. The van der Waals surface area contributed by atoms with E-state index >= 15 is 0 Å². The van der Waals surface area contributed by atoms with E-state index in [1.54, 1.807) is 0 Å². The largest absolute Gasteiger partial charge is 0.480 e. The summed E-state index contributed by atoms with van der Waals surface area (Å²) in [4.78, 5) is 19.5. The third-order valence-corrected chi connectivity index (χ3v) is 3.89. The van der Waals surface area contributed by atoms with Crippen molar-refractivity contribution in [3.05, 3.63) is 0 Å². The van der Waals surface area contributed by atoms with Crippen LogP contribution in [-0.4, -0.2) is 34.0 Å². The molecule has 6 N–H and O–H groups in total. The molecule has 3 atom stereocenters. The topological polar surface area (TPSA) is 127 Å². The van der Waals surface area contributed by atoms with E-state index in [4.69, 9.17) is 16.6 Å². The van der Waals surface area contributed by atoms with Gasteiger partial charge in [0.2, 0.25) is 7.37 Å². The first-order chi connectivity index (χ1) is 5.77. The molecule has 0 aromatic carbocycles. The van der Waals surface area contributed by atoms with Crippen molar-refractivity contribution in [1.82, 2.24) is 0 Å². The maximum absolute atomic E-state index is 11.2. The van der Waals surface area contributed by atoms with Crippen LogP contribution in [0.15, 0.2) is 0 Å². The summed E-state index contributed by atoms with van der Waals surface area (Å²) >= 11 is 0. The highest BCUT2D eigenvalue weighted by Gasteiger charge is 2.25. The molecule has 0 aliphatic rings. The Hall–Kier alpha value is -0.130. The summed E-state index contributed by atoms with van der Waals surface area (Å²) in [6, 6.07) is -1.10. The minimum atomic E-state index is -3.42. The molecule has 0 fully saturated rings. The third kappa shape index (κ3) is 5.57. The van der Waals surface area contributed by atoms with E-state index in [-0.39, 0.29) is 25.0 Å². The SMILES string of the molecule is C[C@@H](N)P(=O)(O)CC[C@H](N)C(=O)O.Cl. The molecule has 8 heteroatoms. The average Bonchev–Trinajstić information content (AvgIpc) is 1.99. The maximum atomic E-state index is 11.2. The quantitative estimate of drug-likeness (QED) is 0.497. The lowest BCUT2D eigenvalue weighted by atomic mass is 10.2. The number of hydrogen-bond acceptors (Lipinski definition) is 4. The highest BCUT2D eigenvalue weighted by Crippen LogP contribution is 2.44. The van der Waals surface area contributed by atoms with Crippen molar-refractivity contribution < 1.29 is 19.4 Å². The van der Waals surface area contributed by atoms with Gasteiger partial charge in [0.25, 0.3) is 0 Å². The molecule has 0 aliphatic carbocycles. The summed E-state index contributed by atoms with van der Waals surface area (Å²) < 4.78 is 11.2. The number of aliphatic carboxylic acids is 1. The van der Waals surface area contributed by atoms with Crippen molar-refractivity contribution in [2.24, 2.45) is 11.5 Å². The fourth-order valence-corrected chi connectivity index (χ4v) is 1.71. The number of carboxylic acid groups (broad SMARTS) is 1. The van der Waals surface area contributed by atoms with Gasteiger partial charge >= 0.3 is 5.97 Å². The van der Waals surface area contributed by atoms with Gasteiger partial charge in [-0.3, -0.25) is 9.36 Å². The van der Waals surface area contributed by atoms with Gasteiger partial charge in [0, 0.05) is 6.16 Å². The van der Waals surface area contributed by atoms with Crippen molar-refractivity contribution in [3.63, 3.8) is 0 Å². The Morgan fingerprint density at radius 3 is 2.21 bits per heavy atom. The molecular formula is C6H16ClN2O4P. The van der Waals surface area contributed by atoms with Gasteiger partial charge < -0.3 is 21.5 Å². The van der Waals surface area contributed by atoms with Crippen LogP contribution in [0.2, 0.25) is 0 Å². The number of halogens is 1. The monoisotopic (exact) mass is 246 g/mol. The van der Waals surface area contributed by atoms with Crippen LogP contribution in [0.5, 0.6) is 0 Å². The Kier molecular flexibility index (Phi) is 7.42. The number of carbonyl (C=O) groups is 1. The van der Waals surface area contributed by atoms with Gasteiger partial charge in [0.1, 0.15) is 6.04 Å². The molecule has 0 bridgehead atoms. The maximum Gasteiger partial charge on any atom is 0.320 e. The molecule has 0 rings (SSSR count). The minimum Gasteiger partial charge on any atom is -0.480 e. The first-order valence-electron chi connectivity index (χ1n) is 3.83.